The molecule has 3 aromatic carbocycles. The van der Waals surface area contributed by atoms with Crippen molar-refractivity contribution in [1.29, 1.82) is 0 Å². The molecule has 0 atom stereocenters. The van der Waals surface area contributed by atoms with Gasteiger partial charge in [0.2, 0.25) is 0 Å². The first kappa shape index (κ1) is 19.7. The molecule has 0 aliphatic carbocycles. The molecule has 0 heterocycles. The first-order valence-electron chi connectivity index (χ1n) is 9.02. The summed E-state index contributed by atoms with van der Waals surface area (Å²) in [6.07, 6.45) is 1.67. The summed E-state index contributed by atoms with van der Waals surface area (Å²) in [6.45, 7) is 2.59. The minimum absolute atomic E-state index is 0.429. The number of amidine groups is 1. The monoisotopic (exact) mass is 389 g/mol. The van der Waals surface area contributed by atoms with Crippen LogP contribution in [-0.4, -0.2) is 11.4 Å². The first-order chi connectivity index (χ1) is 13.7. The number of benzene rings is 3. The van der Waals surface area contributed by atoms with Crippen molar-refractivity contribution in [2.75, 3.05) is 0 Å². The Morgan fingerprint density at radius 3 is 2.50 bits per heavy atom. The van der Waals surface area contributed by atoms with E-state index >= 15 is 0 Å². The van der Waals surface area contributed by atoms with Crippen LogP contribution in [0.3, 0.4) is 0 Å². The molecule has 0 aliphatic heterocycles. The van der Waals surface area contributed by atoms with Crippen molar-refractivity contribution in [2.24, 2.45) is 15.9 Å². The molecule has 0 fully saturated rings. The molecule has 2 N–H and O–H groups in total. The van der Waals surface area contributed by atoms with Crippen molar-refractivity contribution in [2.45, 2.75) is 19.3 Å². The zero-order valence-electron chi connectivity index (χ0n) is 15.8. The van der Waals surface area contributed by atoms with Gasteiger partial charge in [0, 0.05) is 11.3 Å². The van der Waals surface area contributed by atoms with Crippen molar-refractivity contribution >= 4 is 23.1 Å². The van der Waals surface area contributed by atoms with Crippen LogP contribution >= 0.6 is 11.8 Å². The Balaban J connectivity index is 1.60. The number of hydrogen-bond acceptors (Lipinski definition) is 4. The van der Waals surface area contributed by atoms with Gasteiger partial charge in [-0.05, 0) is 35.7 Å². The summed E-state index contributed by atoms with van der Waals surface area (Å²) < 4.78 is 5.99. The second kappa shape index (κ2) is 10.3. The largest absolute Gasteiger partial charge is 0.488 e. The molecular formula is C23H23N3OS. The average Bonchev–Trinajstić information content (AvgIpc) is 2.73. The van der Waals surface area contributed by atoms with Gasteiger partial charge in [-0.1, -0.05) is 78.5 Å². The summed E-state index contributed by atoms with van der Waals surface area (Å²) in [6, 6.07) is 26.1. The van der Waals surface area contributed by atoms with Crippen molar-refractivity contribution in [3.8, 4) is 5.75 Å². The highest BCUT2D eigenvalue weighted by Crippen LogP contribution is 2.19. The molecular weight excluding hydrogens is 366 g/mol. The van der Waals surface area contributed by atoms with Gasteiger partial charge >= 0.3 is 0 Å². The fraction of sp³-hybridized carbons (Fsp3) is 0.130. The van der Waals surface area contributed by atoms with Crippen LogP contribution in [-0.2, 0) is 12.4 Å². The fourth-order valence-electron chi connectivity index (χ4n) is 2.55. The number of nitrogens with zero attached hydrogens (tertiary/aromatic N) is 2. The van der Waals surface area contributed by atoms with Crippen LogP contribution in [0.4, 0.5) is 0 Å². The van der Waals surface area contributed by atoms with Crippen molar-refractivity contribution in [3.63, 3.8) is 0 Å². The lowest BCUT2D eigenvalue weighted by atomic mass is 10.1. The number of rotatable bonds is 7. The highest BCUT2D eigenvalue weighted by atomic mass is 32.2. The molecule has 0 aromatic heterocycles. The van der Waals surface area contributed by atoms with E-state index in [1.807, 2.05) is 54.6 Å². The number of thioether (sulfide) groups is 1. The van der Waals surface area contributed by atoms with Crippen LogP contribution in [0.5, 0.6) is 5.75 Å². The van der Waals surface area contributed by atoms with Gasteiger partial charge in [-0.2, -0.15) is 5.10 Å². The normalized spacial score (nSPS) is 11.7. The smallest absolute Gasteiger partial charge is 0.180 e. The van der Waals surface area contributed by atoms with Crippen molar-refractivity contribution in [1.82, 2.24) is 0 Å². The van der Waals surface area contributed by atoms with E-state index in [0.29, 0.717) is 11.8 Å². The zero-order chi connectivity index (χ0) is 19.6. The van der Waals surface area contributed by atoms with Gasteiger partial charge in [-0.25, -0.2) is 0 Å². The van der Waals surface area contributed by atoms with Crippen LogP contribution in [0.15, 0.2) is 89.1 Å². The Kier molecular flexibility index (Phi) is 7.27. The molecule has 0 aliphatic rings. The van der Waals surface area contributed by atoms with Crippen LogP contribution in [0.25, 0.3) is 0 Å². The Labute approximate surface area is 170 Å². The Hall–Kier alpha value is -3.05. The number of nitrogens with two attached hydrogens (primary N) is 1. The zero-order valence-corrected chi connectivity index (χ0v) is 16.6. The summed E-state index contributed by atoms with van der Waals surface area (Å²) in [5.74, 6) is 1.53. The molecule has 0 radical (unpaired) electrons. The molecule has 3 rings (SSSR count). The molecule has 5 heteroatoms. The molecule has 28 heavy (non-hydrogen) atoms. The third-order valence-corrected chi connectivity index (χ3v) is 5.00. The van der Waals surface area contributed by atoms with E-state index in [-0.39, 0.29) is 0 Å². The van der Waals surface area contributed by atoms with E-state index in [1.54, 1.807) is 6.21 Å². The number of ether oxygens (including phenoxy) is 1. The van der Waals surface area contributed by atoms with Crippen LogP contribution in [0.2, 0.25) is 0 Å². The minimum atomic E-state index is 0.429. The predicted molar refractivity (Wildman–Crippen MR) is 119 cm³/mol. The lowest BCUT2D eigenvalue weighted by molar-refractivity contribution is 0.305. The van der Waals surface area contributed by atoms with Crippen LogP contribution < -0.4 is 10.5 Å². The Bertz CT molecular complexity index is 955. The standard InChI is InChI=1S/C23H23N3OS/c1-18-9-5-6-13-21(18)16-27-22-14-8-7-12-20(22)15-25-26-23(24)28-17-19-10-3-2-4-11-19/h2-15H,16-17H2,1H3,(H2,24,26). The second-order valence-electron chi connectivity index (χ2n) is 6.21. The number of para-hydroxylation sites is 1. The van der Waals surface area contributed by atoms with Crippen LogP contribution in [0, 0.1) is 6.92 Å². The third kappa shape index (κ3) is 5.99. The fourth-order valence-corrected chi connectivity index (χ4v) is 3.17. The molecule has 0 unspecified atom stereocenters. The molecule has 0 spiro atoms. The maximum Gasteiger partial charge on any atom is 0.180 e. The van der Waals surface area contributed by atoms with Gasteiger partial charge in [0.05, 0.1) is 6.21 Å². The van der Waals surface area contributed by atoms with Crippen molar-refractivity contribution < 1.29 is 4.74 Å². The van der Waals surface area contributed by atoms with Gasteiger partial charge in [-0.3, -0.25) is 0 Å². The SMILES string of the molecule is Cc1ccccc1COc1ccccc1C=NN=C(N)SCc1ccccc1. The van der Waals surface area contributed by atoms with E-state index in [2.05, 4.69) is 41.4 Å². The highest BCUT2D eigenvalue weighted by Gasteiger charge is 2.03. The molecule has 0 saturated heterocycles. The van der Waals surface area contributed by atoms with Gasteiger partial charge in [0.1, 0.15) is 12.4 Å². The maximum absolute atomic E-state index is 5.99. The van der Waals surface area contributed by atoms with E-state index in [0.717, 1.165) is 22.6 Å². The van der Waals surface area contributed by atoms with E-state index in [4.69, 9.17) is 10.5 Å². The highest BCUT2D eigenvalue weighted by molar-refractivity contribution is 8.13. The topological polar surface area (TPSA) is 60.0 Å². The summed E-state index contributed by atoms with van der Waals surface area (Å²) in [5.41, 5.74) is 10.4. The van der Waals surface area contributed by atoms with Gasteiger partial charge in [-0.15, -0.1) is 5.10 Å². The van der Waals surface area contributed by atoms with Crippen molar-refractivity contribution in [3.05, 3.63) is 101 Å². The Morgan fingerprint density at radius 2 is 1.68 bits per heavy atom. The molecule has 3 aromatic rings. The summed E-state index contributed by atoms with van der Waals surface area (Å²) in [4.78, 5) is 0. The Morgan fingerprint density at radius 1 is 0.964 bits per heavy atom. The summed E-state index contributed by atoms with van der Waals surface area (Å²) in [7, 11) is 0. The number of hydrogen-bond donors (Lipinski definition) is 1. The molecule has 142 valence electrons. The first-order valence-corrected chi connectivity index (χ1v) is 10.0. The lowest BCUT2D eigenvalue weighted by Crippen LogP contribution is -2.06. The van der Waals surface area contributed by atoms with Gasteiger partial charge in [0.15, 0.2) is 5.17 Å². The van der Waals surface area contributed by atoms with Crippen LogP contribution in [0.1, 0.15) is 22.3 Å². The molecule has 0 saturated carbocycles. The van der Waals surface area contributed by atoms with Gasteiger partial charge < -0.3 is 10.5 Å². The average molecular weight is 390 g/mol. The summed E-state index contributed by atoms with van der Waals surface area (Å²) >= 11 is 1.46. The number of aryl methyl sites for hydroxylation is 1. The van der Waals surface area contributed by atoms with Gasteiger partial charge in [0.25, 0.3) is 0 Å². The molecule has 0 bridgehead atoms. The minimum Gasteiger partial charge on any atom is -0.488 e. The lowest BCUT2D eigenvalue weighted by Gasteiger charge is -2.10. The maximum atomic E-state index is 5.99. The quantitative estimate of drug-likeness (QED) is 0.345. The molecule has 4 nitrogen and oxygen atoms in total. The second-order valence-corrected chi connectivity index (χ2v) is 7.21. The van der Waals surface area contributed by atoms with E-state index in [9.17, 15) is 0 Å². The predicted octanol–water partition coefficient (Wildman–Crippen LogP) is 5.16. The third-order valence-electron chi connectivity index (χ3n) is 4.15. The molecule has 0 amide bonds. The van der Waals surface area contributed by atoms with E-state index in [1.165, 1.54) is 22.9 Å². The van der Waals surface area contributed by atoms with E-state index < -0.39 is 0 Å². The summed E-state index contributed by atoms with van der Waals surface area (Å²) in [5, 5.41) is 8.63.